The lowest BCUT2D eigenvalue weighted by Crippen LogP contribution is -2.40. The predicted octanol–water partition coefficient (Wildman–Crippen LogP) is 1.01. The van der Waals surface area contributed by atoms with Crippen molar-refractivity contribution in [2.45, 2.75) is 18.8 Å². The number of hydrogen-bond donors (Lipinski definition) is 1. The quantitative estimate of drug-likeness (QED) is 0.760. The molecule has 1 fully saturated rings. The molecule has 0 saturated carbocycles. The van der Waals surface area contributed by atoms with Gasteiger partial charge in [-0.2, -0.15) is 0 Å². The van der Waals surface area contributed by atoms with Crippen LogP contribution in [0, 0.1) is 0 Å². The van der Waals surface area contributed by atoms with Crippen molar-refractivity contribution in [1.29, 1.82) is 0 Å². The third-order valence-corrected chi connectivity index (χ3v) is 2.48. The number of anilines is 1. The molecule has 1 N–H and O–H groups in total. The Bertz CT molecular complexity index is 394. The van der Waals surface area contributed by atoms with Gasteiger partial charge in [0.05, 0.1) is 6.33 Å². The summed E-state index contributed by atoms with van der Waals surface area (Å²) in [5.41, 5.74) is -0.266. The number of hydrogen-bond acceptors (Lipinski definition) is 3. The Labute approximate surface area is 84.9 Å². The van der Waals surface area contributed by atoms with Gasteiger partial charge in [-0.25, -0.2) is 13.8 Å². The summed E-state index contributed by atoms with van der Waals surface area (Å²) in [6.45, 7) is 0.479. The average molecular weight is 215 g/mol. The standard InChI is InChI=1S/C9H11F2N3O/c10-9(11)1-3-14(4-2-9)7-5-8(15)13-6-12-7/h5-6H,1-4H2,(H,12,13,15). The van der Waals surface area contributed by atoms with E-state index in [1.165, 1.54) is 12.4 Å². The Balaban J connectivity index is 2.11. The highest BCUT2D eigenvalue weighted by Gasteiger charge is 2.34. The molecule has 0 amide bonds. The molecule has 0 aliphatic carbocycles. The molecular weight excluding hydrogens is 204 g/mol. The van der Waals surface area contributed by atoms with E-state index in [9.17, 15) is 13.6 Å². The summed E-state index contributed by atoms with van der Waals surface area (Å²) < 4.78 is 25.7. The fourth-order valence-electron chi connectivity index (χ4n) is 1.59. The number of nitrogens with zero attached hydrogens (tertiary/aromatic N) is 2. The number of aromatic amines is 1. The molecule has 1 aromatic heterocycles. The van der Waals surface area contributed by atoms with Crippen molar-refractivity contribution in [1.82, 2.24) is 9.97 Å². The second-order valence-corrected chi connectivity index (χ2v) is 3.61. The Morgan fingerprint density at radius 3 is 2.67 bits per heavy atom. The van der Waals surface area contributed by atoms with Crippen LogP contribution in [0.2, 0.25) is 0 Å². The van der Waals surface area contributed by atoms with Gasteiger partial charge in [-0.3, -0.25) is 4.79 Å². The molecule has 0 spiro atoms. The molecule has 0 aromatic carbocycles. The first-order valence-electron chi connectivity index (χ1n) is 4.74. The first-order valence-corrected chi connectivity index (χ1v) is 4.74. The molecular formula is C9H11F2N3O. The van der Waals surface area contributed by atoms with Crippen LogP contribution in [0.5, 0.6) is 0 Å². The summed E-state index contributed by atoms with van der Waals surface area (Å²) in [4.78, 5) is 19.0. The van der Waals surface area contributed by atoms with Crippen molar-refractivity contribution in [3.63, 3.8) is 0 Å². The van der Waals surface area contributed by atoms with Crippen LogP contribution in [-0.2, 0) is 0 Å². The zero-order chi connectivity index (χ0) is 10.9. The van der Waals surface area contributed by atoms with Gasteiger partial charge in [-0.05, 0) is 0 Å². The molecule has 2 heterocycles. The van der Waals surface area contributed by atoms with E-state index in [-0.39, 0.29) is 31.5 Å². The SMILES string of the molecule is O=c1cc(N2CCC(F)(F)CC2)nc[nH]1. The molecule has 15 heavy (non-hydrogen) atoms. The molecule has 1 saturated heterocycles. The number of piperidine rings is 1. The van der Waals surface area contributed by atoms with E-state index in [4.69, 9.17) is 0 Å². The van der Waals surface area contributed by atoms with Gasteiger partial charge in [0, 0.05) is 32.0 Å². The van der Waals surface area contributed by atoms with Gasteiger partial charge in [-0.15, -0.1) is 0 Å². The van der Waals surface area contributed by atoms with Crippen LogP contribution in [0.4, 0.5) is 14.6 Å². The van der Waals surface area contributed by atoms with Crippen molar-refractivity contribution >= 4 is 5.82 Å². The van der Waals surface area contributed by atoms with E-state index in [1.54, 1.807) is 4.90 Å². The topological polar surface area (TPSA) is 49.0 Å². The minimum absolute atomic E-state index is 0.179. The van der Waals surface area contributed by atoms with Gasteiger partial charge < -0.3 is 9.88 Å². The fraction of sp³-hybridized carbons (Fsp3) is 0.556. The highest BCUT2D eigenvalue weighted by atomic mass is 19.3. The third-order valence-electron chi connectivity index (χ3n) is 2.48. The molecule has 4 nitrogen and oxygen atoms in total. The van der Waals surface area contributed by atoms with E-state index >= 15 is 0 Å². The van der Waals surface area contributed by atoms with Crippen molar-refractivity contribution in [2.24, 2.45) is 0 Å². The molecule has 6 heteroatoms. The van der Waals surface area contributed by atoms with Crippen LogP contribution in [0.15, 0.2) is 17.2 Å². The first kappa shape index (κ1) is 10.1. The smallest absolute Gasteiger partial charge is 0.252 e. The van der Waals surface area contributed by atoms with E-state index in [1.807, 2.05) is 0 Å². The predicted molar refractivity (Wildman–Crippen MR) is 51.3 cm³/mol. The molecule has 0 unspecified atom stereocenters. The normalized spacial score (nSPS) is 20.3. The maximum Gasteiger partial charge on any atom is 0.252 e. The monoisotopic (exact) mass is 215 g/mol. The number of halogens is 2. The molecule has 1 aromatic rings. The molecule has 2 rings (SSSR count). The largest absolute Gasteiger partial charge is 0.356 e. The minimum atomic E-state index is -2.57. The van der Waals surface area contributed by atoms with Crippen LogP contribution in [-0.4, -0.2) is 29.0 Å². The van der Waals surface area contributed by atoms with Crippen LogP contribution in [0.25, 0.3) is 0 Å². The first-order chi connectivity index (χ1) is 7.07. The summed E-state index contributed by atoms with van der Waals surface area (Å²) in [7, 11) is 0. The number of rotatable bonds is 1. The van der Waals surface area contributed by atoms with Crippen molar-refractivity contribution < 1.29 is 8.78 Å². The van der Waals surface area contributed by atoms with E-state index in [0.717, 1.165) is 0 Å². The summed E-state index contributed by atoms with van der Waals surface area (Å²) in [6, 6.07) is 1.32. The van der Waals surface area contributed by atoms with Crippen molar-refractivity contribution in [2.75, 3.05) is 18.0 Å². The molecule has 1 aliphatic rings. The summed E-state index contributed by atoms with van der Waals surface area (Å²) in [5, 5.41) is 0. The second-order valence-electron chi connectivity index (χ2n) is 3.61. The highest BCUT2D eigenvalue weighted by Crippen LogP contribution is 2.29. The van der Waals surface area contributed by atoms with Gasteiger partial charge in [0.15, 0.2) is 0 Å². The minimum Gasteiger partial charge on any atom is -0.356 e. The number of nitrogens with one attached hydrogen (secondary N) is 1. The lowest BCUT2D eigenvalue weighted by atomic mass is 10.1. The number of alkyl halides is 2. The molecule has 0 bridgehead atoms. The van der Waals surface area contributed by atoms with Crippen LogP contribution < -0.4 is 10.5 Å². The third kappa shape index (κ3) is 2.31. The van der Waals surface area contributed by atoms with E-state index in [0.29, 0.717) is 5.82 Å². The molecule has 0 atom stereocenters. The van der Waals surface area contributed by atoms with Gasteiger partial charge in [0.2, 0.25) is 0 Å². The van der Waals surface area contributed by atoms with Crippen molar-refractivity contribution in [3.05, 3.63) is 22.7 Å². The van der Waals surface area contributed by atoms with Crippen LogP contribution in [0.1, 0.15) is 12.8 Å². The van der Waals surface area contributed by atoms with Crippen LogP contribution in [0.3, 0.4) is 0 Å². The molecule has 82 valence electrons. The van der Waals surface area contributed by atoms with Crippen LogP contribution >= 0.6 is 0 Å². The Morgan fingerprint density at radius 2 is 2.07 bits per heavy atom. The maximum atomic E-state index is 12.9. The lowest BCUT2D eigenvalue weighted by molar-refractivity contribution is -0.0221. The van der Waals surface area contributed by atoms with E-state index in [2.05, 4.69) is 9.97 Å². The van der Waals surface area contributed by atoms with E-state index < -0.39 is 5.92 Å². The summed E-state index contributed by atoms with van der Waals surface area (Å²) in [5.74, 6) is -2.10. The Hall–Kier alpha value is -1.46. The van der Waals surface area contributed by atoms with Gasteiger partial charge in [0.25, 0.3) is 11.5 Å². The van der Waals surface area contributed by atoms with Gasteiger partial charge in [0.1, 0.15) is 5.82 Å². The van der Waals surface area contributed by atoms with Crippen molar-refractivity contribution in [3.8, 4) is 0 Å². The zero-order valence-corrected chi connectivity index (χ0v) is 8.04. The van der Waals surface area contributed by atoms with Gasteiger partial charge >= 0.3 is 0 Å². The summed E-state index contributed by atoms with van der Waals surface area (Å²) >= 11 is 0. The summed E-state index contributed by atoms with van der Waals surface area (Å²) in [6.07, 6.45) is 0.924. The highest BCUT2D eigenvalue weighted by molar-refractivity contribution is 5.37. The van der Waals surface area contributed by atoms with Gasteiger partial charge in [-0.1, -0.05) is 0 Å². The average Bonchev–Trinajstić information content (AvgIpc) is 2.17. The molecule has 0 radical (unpaired) electrons. The number of H-pyrrole nitrogens is 1. The lowest BCUT2D eigenvalue weighted by Gasteiger charge is -2.32. The Morgan fingerprint density at radius 1 is 1.40 bits per heavy atom. The molecule has 1 aliphatic heterocycles. The zero-order valence-electron chi connectivity index (χ0n) is 8.04. The fourth-order valence-corrected chi connectivity index (χ4v) is 1.59. The Kier molecular flexibility index (Phi) is 2.42. The second kappa shape index (κ2) is 3.60. The number of aromatic nitrogens is 2. The maximum absolute atomic E-state index is 12.9.